The summed E-state index contributed by atoms with van der Waals surface area (Å²) in [6.07, 6.45) is 1.20. The van der Waals surface area contributed by atoms with Gasteiger partial charge in [0.25, 0.3) is 5.91 Å². The van der Waals surface area contributed by atoms with Crippen molar-refractivity contribution in [1.29, 1.82) is 0 Å². The molecule has 0 aromatic heterocycles. The van der Waals surface area contributed by atoms with E-state index in [4.69, 9.17) is 30.6 Å². The second-order valence-corrected chi connectivity index (χ2v) is 12.2. The molecule has 3 N–H and O–H groups in total. The van der Waals surface area contributed by atoms with Crippen LogP contribution >= 0.6 is 0 Å². The fraction of sp³-hybridized carbons (Fsp3) is 0.297. The number of hydrogen-bond acceptors (Lipinski definition) is 8. The number of benzene rings is 4. The first-order chi connectivity index (χ1) is 24.5. The van der Waals surface area contributed by atoms with Crippen molar-refractivity contribution >= 4 is 11.8 Å². The van der Waals surface area contributed by atoms with E-state index in [-0.39, 0.29) is 38.1 Å². The highest BCUT2D eigenvalue weighted by atomic mass is 16.5. The Morgan fingerprint density at radius 3 is 2.18 bits per heavy atom. The van der Waals surface area contributed by atoms with Gasteiger partial charge in [-0.1, -0.05) is 83.0 Å². The number of aliphatic imine (C=N–C) groups is 1. The monoisotopic (exact) mass is 671 g/mol. The lowest BCUT2D eigenvalue weighted by Gasteiger charge is -2.32. The zero-order valence-electron chi connectivity index (χ0n) is 27.4. The average Bonchev–Trinajstić information content (AvgIpc) is 3.75. The Labute approximate surface area is 289 Å². The van der Waals surface area contributed by atoms with Gasteiger partial charge in [-0.05, 0) is 81.6 Å². The summed E-state index contributed by atoms with van der Waals surface area (Å²) in [5, 5.41) is 16.8. The molecule has 0 saturated carbocycles. The molecule has 2 atom stereocenters. The summed E-state index contributed by atoms with van der Waals surface area (Å²) >= 11 is 0. The van der Waals surface area contributed by atoms with Gasteiger partial charge in [-0.2, -0.15) is 0 Å². The summed E-state index contributed by atoms with van der Waals surface area (Å²) in [5.74, 6) is 0.468. The third-order valence-electron chi connectivity index (χ3n) is 9.00. The Hall–Kier alpha value is -5.84. The normalized spacial score (nSPS) is 17.9. The van der Waals surface area contributed by atoms with Crippen LogP contribution in [0.25, 0.3) is 20.9 Å². The number of hydrogen-bond donors (Lipinski definition) is 3. The van der Waals surface area contributed by atoms with Crippen LogP contribution in [-0.2, 0) is 41.9 Å². The Morgan fingerprint density at radius 1 is 0.880 bits per heavy atom. The van der Waals surface area contributed by atoms with Crippen molar-refractivity contribution in [3.05, 3.63) is 157 Å². The van der Waals surface area contributed by atoms with E-state index >= 15 is 0 Å². The molecule has 254 valence electrons. The first-order valence-corrected chi connectivity index (χ1v) is 16.4. The quantitative estimate of drug-likeness (QED) is 0.0435. The minimum Gasteiger partial charge on any atom is -0.494 e. The van der Waals surface area contributed by atoms with Gasteiger partial charge < -0.3 is 14.6 Å². The molecular formula is C37H37N9O4. The van der Waals surface area contributed by atoms with Crippen LogP contribution in [0.1, 0.15) is 51.5 Å². The van der Waals surface area contributed by atoms with Crippen LogP contribution in [-0.4, -0.2) is 41.7 Å². The van der Waals surface area contributed by atoms with Crippen LogP contribution < -0.4 is 15.6 Å². The van der Waals surface area contributed by atoms with E-state index in [1.54, 1.807) is 12.1 Å². The SMILES string of the molecule is [N-]=[N+]=NCc1ccccc1C[C@]1(C(=O)NNC2Cc3ccccc3C2)N=C(c2ccc(OCCCO)cc2)O[C@H]1c1ccccc1CN=[N+]=[N-]. The molecule has 0 saturated heterocycles. The van der Waals surface area contributed by atoms with Crippen LogP contribution in [0.3, 0.4) is 0 Å². The molecule has 50 heavy (non-hydrogen) atoms. The molecule has 4 aromatic carbocycles. The maximum Gasteiger partial charge on any atom is 0.266 e. The minimum absolute atomic E-state index is 0.0227. The van der Waals surface area contributed by atoms with Gasteiger partial charge in [0.2, 0.25) is 5.90 Å². The average molecular weight is 672 g/mol. The molecular weight excluding hydrogens is 634 g/mol. The first kappa shape index (κ1) is 34.0. The van der Waals surface area contributed by atoms with E-state index in [9.17, 15) is 4.79 Å². The molecule has 0 fully saturated rings. The number of aliphatic hydroxyl groups is 1. The second-order valence-electron chi connectivity index (χ2n) is 12.2. The number of rotatable bonds is 15. The van der Waals surface area contributed by atoms with E-state index < -0.39 is 17.6 Å². The molecule has 1 heterocycles. The topological polar surface area (TPSA) is 190 Å². The summed E-state index contributed by atoms with van der Waals surface area (Å²) in [6, 6.07) is 30.3. The molecule has 2 aliphatic rings. The maximum atomic E-state index is 14.8. The number of fused-ring (bicyclic) bond motifs is 1. The highest BCUT2D eigenvalue weighted by Gasteiger charge is 2.54. The first-order valence-electron chi connectivity index (χ1n) is 16.4. The highest BCUT2D eigenvalue weighted by Crippen LogP contribution is 2.44. The van der Waals surface area contributed by atoms with Gasteiger partial charge in [0.15, 0.2) is 11.6 Å². The number of amides is 1. The van der Waals surface area contributed by atoms with Crippen LogP contribution in [0, 0.1) is 0 Å². The zero-order valence-corrected chi connectivity index (χ0v) is 27.4. The molecule has 4 aromatic rings. The van der Waals surface area contributed by atoms with Crippen molar-refractivity contribution in [2.45, 2.75) is 56.5 Å². The lowest BCUT2D eigenvalue weighted by molar-refractivity contribution is -0.130. The molecule has 13 heteroatoms. The summed E-state index contributed by atoms with van der Waals surface area (Å²) in [6.45, 7) is 0.542. The smallest absolute Gasteiger partial charge is 0.266 e. The molecule has 0 spiro atoms. The Balaban J connectivity index is 1.43. The van der Waals surface area contributed by atoms with E-state index in [0.29, 0.717) is 35.5 Å². The number of ether oxygens (including phenoxy) is 2. The van der Waals surface area contributed by atoms with Gasteiger partial charge in [0.05, 0.1) is 19.7 Å². The van der Waals surface area contributed by atoms with Crippen molar-refractivity contribution in [2.75, 3.05) is 13.2 Å². The largest absolute Gasteiger partial charge is 0.494 e. The number of aliphatic hydroxyl groups excluding tert-OH is 1. The van der Waals surface area contributed by atoms with Crippen LogP contribution in [0.2, 0.25) is 0 Å². The summed E-state index contributed by atoms with van der Waals surface area (Å²) in [7, 11) is 0. The Bertz CT molecular complexity index is 1930. The zero-order chi connectivity index (χ0) is 34.8. The van der Waals surface area contributed by atoms with Crippen molar-refractivity contribution < 1.29 is 19.4 Å². The van der Waals surface area contributed by atoms with Gasteiger partial charge in [-0.25, -0.2) is 10.4 Å². The molecule has 1 amide bonds. The molecule has 1 aliphatic heterocycles. The van der Waals surface area contributed by atoms with Gasteiger partial charge in [0.1, 0.15) is 5.75 Å². The molecule has 0 radical (unpaired) electrons. The fourth-order valence-corrected chi connectivity index (χ4v) is 6.52. The summed E-state index contributed by atoms with van der Waals surface area (Å²) in [5.41, 5.74) is 29.0. The predicted octanol–water partition coefficient (Wildman–Crippen LogP) is 6.36. The number of carbonyl (C=O) groups excluding carboxylic acids is 1. The van der Waals surface area contributed by atoms with Crippen LogP contribution in [0.5, 0.6) is 5.75 Å². The lowest BCUT2D eigenvalue weighted by Crippen LogP contribution is -2.56. The molecule has 6 rings (SSSR count). The lowest BCUT2D eigenvalue weighted by atomic mass is 9.80. The number of carbonyl (C=O) groups is 1. The summed E-state index contributed by atoms with van der Waals surface area (Å²) in [4.78, 5) is 25.9. The highest BCUT2D eigenvalue weighted by molar-refractivity contribution is 6.01. The number of azide groups is 2. The Kier molecular flexibility index (Phi) is 10.9. The van der Waals surface area contributed by atoms with Crippen molar-refractivity contribution in [3.63, 3.8) is 0 Å². The number of nitrogens with zero attached hydrogens (tertiary/aromatic N) is 7. The molecule has 1 aliphatic carbocycles. The van der Waals surface area contributed by atoms with E-state index in [1.165, 1.54) is 11.1 Å². The predicted molar refractivity (Wildman–Crippen MR) is 188 cm³/mol. The van der Waals surface area contributed by atoms with E-state index in [2.05, 4.69) is 43.0 Å². The minimum atomic E-state index is -1.55. The van der Waals surface area contributed by atoms with E-state index in [1.807, 2.05) is 72.8 Å². The Morgan fingerprint density at radius 2 is 1.50 bits per heavy atom. The van der Waals surface area contributed by atoms with Gasteiger partial charge >= 0.3 is 0 Å². The summed E-state index contributed by atoms with van der Waals surface area (Å²) < 4.78 is 12.4. The molecule has 13 nitrogen and oxygen atoms in total. The standard InChI is InChI=1S/C37H37N9O4/c38-45-40-23-29-11-4-3-10-28(29)22-37(36(48)44-43-31-20-26-8-1-2-9-27(26)21-31)34(33-13-6-5-12-30(33)24-41-46-39)50-35(42-37)25-14-16-32(17-15-25)49-19-7-18-47/h1-6,8-17,31,34,43,47H,7,18-24H2,(H,44,48)/t34-,37-/m0/s1. The third kappa shape index (κ3) is 7.57. The van der Waals surface area contributed by atoms with Crippen LogP contribution in [0.4, 0.5) is 0 Å². The van der Waals surface area contributed by atoms with Gasteiger partial charge in [0, 0.05) is 40.9 Å². The maximum absolute atomic E-state index is 14.8. The molecule has 0 unspecified atom stereocenters. The van der Waals surface area contributed by atoms with Crippen molar-refractivity contribution in [2.24, 2.45) is 15.2 Å². The van der Waals surface area contributed by atoms with E-state index in [0.717, 1.165) is 24.0 Å². The van der Waals surface area contributed by atoms with Crippen molar-refractivity contribution in [1.82, 2.24) is 10.9 Å². The van der Waals surface area contributed by atoms with Crippen LogP contribution in [0.15, 0.2) is 112 Å². The van der Waals surface area contributed by atoms with Gasteiger partial charge in [-0.15, -0.1) is 0 Å². The fourth-order valence-electron chi connectivity index (χ4n) is 6.52. The van der Waals surface area contributed by atoms with Gasteiger partial charge in [-0.3, -0.25) is 10.2 Å². The van der Waals surface area contributed by atoms with Crippen molar-refractivity contribution in [3.8, 4) is 5.75 Å². The molecule has 0 bridgehead atoms. The number of hydrazine groups is 1. The number of nitrogens with one attached hydrogen (secondary N) is 2. The second kappa shape index (κ2) is 16.0. The third-order valence-corrected chi connectivity index (χ3v) is 9.00.